The lowest BCUT2D eigenvalue weighted by atomic mass is 10.2. The Morgan fingerprint density at radius 1 is 1.47 bits per heavy atom. The van der Waals surface area contributed by atoms with Crippen molar-refractivity contribution in [2.24, 2.45) is 0 Å². The number of methoxy groups -OCH3 is 1. The molecule has 0 radical (unpaired) electrons. The highest BCUT2D eigenvalue weighted by Gasteiger charge is 2.20. The van der Waals surface area contributed by atoms with Crippen molar-refractivity contribution in [1.29, 1.82) is 0 Å². The predicted molar refractivity (Wildman–Crippen MR) is 81.7 cm³/mol. The van der Waals surface area contributed by atoms with Crippen molar-refractivity contribution < 1.29 is 4.74 Å². The van der Waals surface area contributed by atoms with Gasteiger partial charge in [0.25, 0.3) is 0 Å². The van der Waals surface area contributed by atoms with Crippen LogP contribution in [0.25, 0.3) is 11.3 Å². The molecule has 2 aromatic rings. The van der Waals surface area contributed by atoms with Crippen molar-refractivity contribution in [3.63, 3.8) is 0 Å². The van der Waals surface area contributed by atoms with Gasteiger partial charge in [-0.15, -0.1) is 11.3 Å². The van der Waals surface area contributed by atoms with Gasteiger partial charge in [0.1, 0.15) is 10.8 Å². The number of benzene rings is 1. The second-order valence-electron chi connectivity index (χ2n) is 4.63. The minimum absolute atomic E-state index is 0.725. The van der Waals surface area contributed by atoms with Gasteiger partial charge in [-0.05, 0) is 47.0 Å². The predicted octanol–water partition coefficient (Wildman–Crippen LogP) is 3.83. The van der Waals surface area contributed by atoms with Crippen LogP contribution in [0.1, 0.15) is 17.8 Å². The Morgan fingerprint density at radius 2 is 2.32 bits per heavy atom. The molecule has 0 unspecified atom stereocenters. The van der Waals surface area contributed by atoms with Gasteiger partial charge in [-0.3, -0.25) is 0 Å². The molecular formula is C14H15BrN2OS. The van der Waals surface area contributed by atoms with Crippen molar-refractivity contribution >= 4 is 27.3 Å². The lowest BCUT2D eigenvalue weighted by Gasteiger charge is -2.04. The summed E-state index contributed by atoms with van der Waals surface area (Å²) in [5.74, 6) is 0.842. The Hall–Kier alpha value is -0.910. The largest absolute Gasteiger partial charge is 0.496 e. The lowest BCUT2D eigenvalue weighted by molar-refractivity contribution is 0.412. The SMILES string of the molecule is COc1ccc(-c2csc(CNC3CC3)n2)cc1Br. The Morgan fingerprint density at radius 3 is 3.00 bits per heavy atom. The van der Waals surface area contributed by atoms with Crippen molar-refractivity contribution in [1.82, 2.24) is 10.3 Å². The third-order valence-electron chi connectivity index (χ3n) is 3.12. The minimum Gasteiger partial charge on any atom is -0.496 e. The molecule has 0 spiro atoms. The molecule has 0 bridgehead atoms. The van der Waals surface area contributed by atoms with Crippen LogP contribution in [0.4, 0.5) is 0 Å². The maximum atomic E-state index is 5.24. The van der Waals surface area contributed by atoms with Crippen LogP contribution in [0, 0.1) is 0 Å². The quantitative estimate of drug-likeness (QED) is 0.899. The van der Waals surface area contributed by atoms with E-state index in [2.05, 4.69) is 31.6 Å². The molecular weight excluding hydrogens is 324 g/mol. The topological polar surface area (TPSA) is 34.1 Å². The summed E-state index contributed by atoms with van der Waals surface area (Å²) in [6, 6.07) is 6.77. The number of nitrogens with one attached hydrogen (secondary N) is 1. The fourth-order valence-electron chi connectivity index (χ4n) is 1.87. The van der Waals surface area contributed by atoms with Gasteiger partial charge in [-0.25, -0.2) is 4.98 Å². The van der Waals surface area contributed by atoms with Crippen molar-refractivity contribution in [3.8, 4) is 17.0 Å². The standard InChI is InChI=1S/C14H15BrN2OS/c1-18-13-5-2-9(6-11(13)15)12-8-19-14(17-12)7-16-10-3-4-10/h2,5-6,8,10,16H,3-4,7H2,1H3. The van der Waals surface area contributed by atoms with E-state index in [0.717, 1.165) is 39.1 Å². The molecule has 1 aromatic carbocycles. The van der Waals surface area contributed by atoms with Gasteiger partial charge in [-0.2, -0.15) is 0 Å². The Labute approximate surface area is 125 Å². The summed E-state index contributed by atoms with van der Waals surface area (Å²) in [7, 11) is 1.67. The number of hydrogen-bond donors (Lipinski definition) is 1. The number of hydrogen-bond acceptors (Lipinski definition) is 4. The van der Waals surface area contributed by atoms with E-state index in [0.29, 0.717) is 0 Å². The number of thiazole rings is 1. The van der Waals surface area contributed by atoms with Crippen LogP contribution >= 0.6 is 27.3 Å². The van der Waals surface area contributed by atoms with E-state index in [1.807, 2.05) is 18.2 Å². The summed E-state index contributed by atoms with van der Waals surface area (Å²) in [5.41, 5.74) is 2.14. The molecule has 1 aromatic heterocycles. The molecule has 1 aliphatic carbocycles. The smallest absolute Gasteiger partial charge is 0.133 e. The van der Waals surface area contributed by atoms with E-state index in [9.17, 15) is 0 Å². The summed E-state index contributed by atoms with van der Waals surface area (Å²) in [4.78, 5) is 4.67. The zero-order chi connectivity index (χ0) is 13.2. The van der Waals surface area contributed by atoms with Gasteiger partial charge < -0.3 is 10.1 Å². The highest BCUT2D eigenvalue weighted by Crippen LogP contribution is 2.31. The molecule has 1 aliphatic rings. The highest BCUT2D eigenvalue weighted by atomic mass is 79.9. The average molecular weight is 339 g/mol. The maximum absolute atomic E-state index is 5.24. The van der Waals surface area contributed by atoms with E-state index >= 15 is 0 Å². The van der Waals surface area contributed by atoms with Crippen LogP contribution < -0.4 is 10.1 Å². The fraction of sp³-hybridized carbons (Fsp3) is 0.357. The molecule has 0 aliphatic heterocycles. The molecule has 0 amide bonds. The van der Waals surface area contributed by atoms with Crippen molar-refractivity contribution in [2.45, 2.75) is 25.4 Å². The van der Waals surface area contributed by atoms with E-state index in [4.69, 9.17) is 4.74 Å². The molecule has 5 heteroatoms. The molecule has 1 N–H and O–H groups in total. The van der Waals surface area contributed by atoms with Crippen LogP contribution in [0.3, 0.4) is 0 Å². The summed E-state index contributed by atoms with van der Waals surface area (Å²) >= 11 is 5.22. The minimum atomic E-state index is 0.725. The second kappa shape index (κ2) is 5.61. The van der Waals surface area contributed by atoms with Gasteiger partial charge in [0.15, 0.2) is 0 Å². The Balaban J connectivity index is 1.75. The van der Waals surface area contributed by atoms with Gasteiger partial charge in [0, 0.05) is 23.5 Å². The van der Waals surface area contributed by atoms with E-state index in [1.165, 1.54) is 12.8 Å². The molecule has 100 valence electrons. The third-order valence-corrected chi connectivity index (χ3v) is 4.59. The first-order valence-electron chi connectivity index (χ1n) is 6.28. The van der Waals surface area contributed by atoms with Gasteiger partial charge in [0.2, 0.25) is 0 Å². The molecule has 3 nitrogen and oxygen atoms in total. The molecule has 1 saturated carbocycles. The molecule has 0 atom stereocenters. The van der Waals surface area contributed by atoms with Gasteiger partial charge >= 0.3 is 0 Å². The lowest BCUT2D eigenvalue weighted by Crippen LogP contribution is -2.14. The fourth-order valence-corrected chi connectivity index (χ4v) is 3.16. The number of rotatable bonds is 5. The monoisotopic (exact) mass is 338 g/mol. The summed E-state index contributed by atoms with van der Waals surface area (Å²) in [6.45, 7) is 0.882. The van der Waals surface area contributed by atoms with E-state index in [1.54, 1.807) is 18.4 Å². The van der Waals surface area contributed by atoms with Gasteiger partial charge in [-0.1, -0.05) is 0 Å². The van der Waals surface area contributed by atoms with Crippen molar-refractivity contribution in [2.75, 3.05) is 7.11 Å². The first kappa shape index (κ1) is 13.1. The van der Waals surface area contributed by atoms with Gasteiger partial charge in [0.05, 0.1) is 17.3 Å². The Bertz CT molecular complexity index is 581. The number of aromatic nitrogens is 1. The zero-order valence-electron chi connectivity index (χ0n) is 10.6. The van der Waals surface area contributed by atoms with Crippen molar-refractivity contribution in [3.05, 3.63) is 33.1 Å². The van der Waals surface area contributed by atoms with Crippen LogP contribution in [-0.2, 0) is 6.54 Å². The Kier molecular flexibility index (Phi) is 3.86. The number of nitrogens with zero attached hydrogens (tertiary/aromatic N) is 1. The molecule has 19 heavy (non-hydrogen) atoms. The van der Waals surface area contributed by atoms with Crippen LogP contribution in [0.5, 0.6) is 5.75 Å². The summed E-state index contributed by atoms with van der Waals surface area (Å²) < 4.78 is 6.19. The van der Waals surface area contributed by atoms with Crippen LogP contribution in [-0.4, -0.2) is 18.1 Å². The van der Waals surface area contributed by atoms with E-state index in [-0.39, 0.29) is 0 Å². The summed E-state index contributed by atoms with van der Waals surface area (Å²) in [5, 5.41) is 6.74. The number of ether oxygens (including phenoxy) is 1. The second-order valence-corrected chi connectivity index (χ2v) is 6.43. The highest BCUT2D eigenvalue weighted by molar-refractivity contribution is 9.10. The molecule has 0 saturated heterocycles. The molecule has 1 fully saturated rings. The zero-order valence-corrected chi connectivity index (χ0v) is 13.1. The van der Waals surface area contributed by atoms with E-state index < -0.39 is 0 Å². The maximum Gasteiger partial charge on any atom is 0.133 e. The molecule has 1 heterocycles. The summed E-state index contributed by atoms with van der Waals surface area (Å²) in [6.07, 6.45) is 2.62. The first-order chi connectivity index (χ1) is 9.26. The van der Waals surface area contributed by atoms with Crippen LogP contribution in [0.15, 0.2) is 28.1 Å². The molecule has 3 rings (SSSR count). The normalized spacial score (nSPS) is 14.6. The van der Waals surface area contributed by atoms with Crippen LogP contribution in [0.2, 0.25) is 0 Å². The average Bonchev–Trinajstić information content (AvgIpc) is 3.13. The third kappa shape index (κ3) is 3.16. The number of halogens is 1. The first-order valence-corrected chi connectivity index (χ1v) is 7.95.